The fourth-order valence-corrected chi connectivity index (χ4v) is 2.33. The van der Waals surface area contributed by atoms with Crippen LogP contribution in [0, 0.1) is 5.41 Å². The summed E-state index contributed by atoms with van der Waals surface area (Å²) in [4.78, 5) is 25.5. The van der Waals surface area contributed by atoms with Crippen molar-refractivity contribution < 1.29 is 14.3 Å². The zero-order chi connectivity index (χ0) is 12.0. The van der Waals surface area contributed by atoms with Crippen LogP contribution in [0.3, 0.4) is 0 Å². The van der Waals surface area contributed by atoms with Crippen molar-refractivity contribution in [2.45, 2.75) is 12.8 Å². The normalized spacial score (nSPS) is 21.1. The third kappa shape index (κ3) is 1.37. The fourth-order valence-electron chi connectivity index (χ4n) is 2.33. The minimum atomic E-state index is -0.653. The van der Waals surface area contributed by atoms with Crippen LogP contribution in [0.4, 0.5) is 5.69 Å². The van der Waals surface area contributed by atoms with E-state index in [9.17, 15) is 9.59 Å². The lowest BCUT2D eigenvalue weighted by atomic mass is 10.1. The van der Waals surface area contributed by atoms with Crippen LogP contribution in [0.5, 0.6) is 5.75 Å². The van der Waals surface area contributed by atoms with Crippen molar-refractivity contribution in [2.75, 3.05) is 18.6 Å². The quantitative estimate of drug-likeness (QED) is 0.723. The van der Waals surface area contributed by atoms with E-state index >= 15 is 0 Å². The van der Waals surface area contributed by atoms with Gasteiger partial charge in [0, 0.05) is 5.69 Å². The number of hydrogen-bond acceptors (Lipinski definition) is 3. The Balaban J connectivity index is 1.90. The third-order valence-corrected chi connectivity index (χ3v) is 3.62. The molecule has 1 aromatic carbocycles. The first kappa shape index (κ1) is 10.3. The molecule has 0 bridgehead atoms. The fraction of sp³-hybridized carbons (Fsp3) is 0.385. The van der Waals surface area contributed by atoms with Gasteiger partial charge in [0.25, 0.3) is 0 Å². The van der Waals surface area contributed by atoms with Gasteiger partial charge in [-0.3, -0.25) is 9.59 Å². The number of methoxy groups -OCH3 is 1. The molecule has 0 atom stereocenters. The summed E-state index contributed by atoms with van der Waals surface area (Å²) in [6.45, 7) is 0.213. The molecule has 1 amide bonds. The van der Waals surface area contributed by atoms with Crippen molar-refractivity contribution in [3.8, 4) is 5.75 Å². The largest absolute Gasteiger partial charge is 0.497 e. The molecule has 4 nitrogen and oxygen atoms in total. The van der Waals surface area contributed by atoms with Gasteiger partial charge < -0.3 is 9.64 Å². The van der Waals surface area contributed by atoms with Crippen molar-refractivity contribution in [3.05, 3.63) is 24.3 Å². The van der Waals surface area contributed by atoms with Crippen molar-refractivity contribution in [1.29, 1.82) is 0 Å². The molecule has 4 heteroatoms. The molecule has 17 heavy (non-hydrogen) atoms. The number of ketones is 1. The smallest absolute Gasteiger partial charge is 0.241 e. The number of carbonyl (C=O) groups excluding carboxylic acids is 2. The van der Waals surface area contributed by atoms with Gasteiger partial charge in [0.1, 0.15) is 11.2 Å². The summed E-state index contributed by atoms with van der Waals surface area (Å²) in [5, 5.41) is 0. The summed E-state index contributed by atoms with van der Waals surface area (Å²) in [6, 6.07) is 7.22. The molecular weight excluding hydrogens is 218 g/mol. The van der Waals surface area contributed by atoms with E-state index in [4.69, 9.17) is 4.74 Å². The summed E-state index contributed by atoms with van der Waals surface area (Å²) in [7, 11) is 1.60. The average molecular weight is 231 g/mol. The maximum absolute atomic E-state index is 12.1. The number of rotatable bonds is 2. The molecule has 1 saturated heterocycles. The Labute approximate surface area is 99.2 Å². The molecule has 1 aliphatic heterocycles. The minimum Gasteiger partial charge on any atom is -0.497 e. The number of nitrogens with zero attached hydrogens (tertiary/aromatic N) is 1. The standard InChI is InChI=1S/C13H13NO3/c1-17-10-4-2-9(3-5-10)14-8-11(15)13(6-7-13)12(14)16/h2-5H,6-8H2,1H3. The lowest BCUT2D eigenvalue weighted by Gasteiger charge is -2.15. The number of Topliss-reactive ketones (excluding diaryl/α,β-unsaturated/α-hetero) is 1. The molecular formula is C13H13NO3. The molecule has 3 rings (SSSR count). The summed E-state index contributed by atoms with van der Waals surface area (Å²) >= 11 is 0. The van der Waals surface area contributed by atoms with E-state index in [1.165, 1.54) is 0 Å². The molecule has 1 spiro atoms. The van der Waals surface area contributed by atoms with E-state index < -0.39 is 5.41 Å². The maximum Gasteiger partial charge on any atom is 0.241 e. The van der Waals surface area contributed by atoms with Crippen LogP contribution in [0.15, 0.2) is 24.3 Å². The van der Waals surface area contributed by atoms with E-state index in [1.54, 1.807) is 24.1 Å². The van der Waals surface area contributed by atoms with Gasteiger partial charge in [0.2, 0.25) is 5.91 Å². The minimum absolute atomic E-state index is 0.0346. The van der Waals surface area contributed by atoms with Crippen LogP contribution in [0.25, 0.3) is 0 Å². The Morgan fingerprint density at radius 1 is 1.18 bits per heavy atom. The molecule has 1 saturated carbocycles. The molecule has 0 N–H and O–H groups in total. The lowest BCUT2D eigenvalue weighted by molar-refractivity contribution is -0.128. The highest BCUT2D eigenvalue weighted by Crippen LogP contribution is 2.52. The molecule has 2 fully saturated rings. The summed E-state index contributed by atoms with van der Waals surface area (Å²) in [5.74, 6) is 0.777. The third-order valence-electron chi connectivity index (χ3n) is 3.62. The van der Waals surface area contributed by atoms with Crippen molar-refractivity contribution in [2.24, 2.45) is 5.41 Å². The van der Waals surface area contributed by atoms with E-state index in [2.05, 4.69) is 0 Å². The number of carbonyl (C=O) groups is 2. The number of amides is 1. The van der Waals surface area contributed by atoms with Gasteiger partial charge in [-0.1, -0.05) is 0 Å². The van der Waals surface area contributed by atoms with Gasteiger partial charge in [0.15, 0.2) is 5.78 Å². The Morgan fingerprint density at radius 3 is 2.29 bits per heavy atom. The number of anilines is 1. The zero-order valence-electron chi connectivity index (χ0n) is 9.60. The molecule has 0 unspecified atom stereocenters. The van der Waals surface area contributed by atoms with Crippen LogP contribution in [-0.2, 0) is 9.59 Å². The number of hydrogen-bond donors (Lipinski definition) is 0. The Hall–Kier alpha value is -1.84. The zero-order valence-corrected chi connectivity index (χ0v) is 9.60. The van der Waals surface area contributed by atoms with Crippen LogP contribution < -0.4 is 9.64 Å². The molecule has 88 valence electrons. The van der Waals surface area contributed by atoms with Gasteiger partial charge in [-0.05, 0) is 37.1 Å². The van der Waals surface area contributed by atoms with Gasteiger partial charge in [0.05, 0.1) is 13.7 Å². The SMILES string of the molecule is COc1ccc(N2CC(=O)C3(CC3)C2=O)cc1. The van der Waals surface area contributed by atoms with Crippen LogP contribution in [0.1, 0.15) is 12.8 Å². The molecule has 0 aromatic heterocycles. The van der Waals surface area contributed by atoms with E-state index in [-0.39, 0.29) is 18.2 Å². The van der Waals surface area contributed by atoms with Crippen molar-refractivity contribution in [1.82, 2.24) is 0 Å². The number of benzene rings is 1. The van der Waals surface area contributed by atoms with Crippen LogP contribution in [0.2, 0.25) is 0 Å². The summed E-state index contributed by atoms with van der Waals surface area (Å²) < 4.78 is 5.06. The summed E-state index contributed by atoms with van der Waals surface area (Å²) in [6.07, 6.45) is 1.44. The Morgan fingerprint density at radius 2 is 1.82 bits per heavy atom. The second kappa shape index (κ2) is 3.32. The van der Waals surface area contributed by atoms with Gasteiger partial charge in [-0.2, -0.15) is 0 Å². The highest BCUT2D eigenvalue weighted by molar-refractivity contribution is 6.23. The summed E-state index contributed by atoms with van der Waals surface area (Å²) in [5.41, 5.74) is 0.118. The van der Waals surface area contributed by atoms with Gasteiger partial charge in [-0.15, -0.1) is 0 Å². The molecule has 1 aliphatic carbocycles. The molecule has 2 aliphatic rings. The van der Waals surface area contributed by atoms with Crippen LogP contribution >= 0.6 is 0 Å². The van der Waals surface area contributed by atoms with Gasteiger partial charge in [-0.25, -0.2) is 0 Å². The Bertz CT molecular complexity index is 488. The highest BCUT2D eigenvalue weighted by Gasteiger charge is 2.62. The van der Waals surface area contributed by atoms with Gasteiger partial charge >= 0.3 is 0 Å². The first-order valence-electron chi connectivity index (χ1n) is 5.67. The van der Waals surface area contributed by atoms with E-state index in [0.717, 1.165) is 24.3 Å². The highest BCUT2D eigenvalue weighted by atomic mass is 16.5. The Kier molecular flexibility index (Phi) is 2.02. The van der Waals surface area contributed by atoms with E-state index in [0.29, 0.717) is 0 Å². The number of ether oxygens (including phenoxy) is 1. The predicted molar refractivity (Wildman–Crippen MR) is 62.0 cm³/mol. The predicted octanol–water partition coefficient (Wildman–Crippen LogP) is 1.39. The monoisotopic (exact) mass is 231 g/mol. The lowest BCUT2D eigenvalue weighted by Crippen LogP contribution is -2.27. The van der Waals surface area contributed by atoms with Crippen molar-refractivity contribution >= 4 is 17.4 Å². The first-order chi connectivity index (χ1) is 8.17. The molecule has 1 aromatic rings. The van der Waals surface area contributed by atoms with Crippen LogP contribution in [-0.4, -0.2) is 25.3 Å². The van der Waals surface area contributed by atoms with Crippen molar-refractivity contribution in [3.63, 3.8) is 0 Å². The van der Waals surface area contributed by atoms with E-state index in [1.807, 2.05) is 12.1 Å². The average Bonchev–Trinajstić information content (AvgIpc) is 3.12. The topological polar surface area (TPSA) is 46.6 Å². The molecule has 1 heterocycles. The molecule has 0 radical (unpaired) electrons. The maximum atomic E-state index is 12.1. The first-order valence-corrected chi connectivity index (χ1v) is 5.67. The second-order valence-corrected chi connectivity index (χ2v) is 4.59. The second-order valence-electron chi connectivity index (χ2n) is 4.59.